The van der Waals surface area contributed by atoms with E-state index in [1.54, 1.807) is 0 Å². The summed E-state index contributed by atoms with van der Waals surface area (Å²) in [6, 6.07) is 8.37. The van der Waals surface area contributed by atoms with E-state index in [0.717, 1.165) is 29.0 Å². The van der Waals surface area contributed by atoms with Gasteiger partial charge in [0.05, 0.1) is 29.7 Å². The Morgan fingerprint density at radius 3 is 2.48 bits per heavy atom. The first-order chi connectivity index (χ1) is 13.8. The van der Waals surface area contributed by atoms with Crippen molar-refractivity contribution in [3.63, 3.8) is 0 Å². The average Bonchev–Trinajstić information content (AvgIpc) is 3.36. The SMILES string of the molecule is Cc1sc(NC(=O)[C@@H]2[C@@H](C(=O)O)[C@@H]3CC[C@@H]2O3)nc1-c1ccc(CC(C)C)cc1. The van der Waals surface area contributed by atoms with E-state index >= 15 is 0 Å². The second kappa shape index (κ2) is 7.88. The smallest absolute Gasteiger partial charge is 0.310 e. The maximum Gasteiger partial charge on any atom is 0.310 e. The largest absolute Gasteiger partial charge is 0.481 e. The lowest BCUT2D eigenvalue weighted by molar-refractivity contribution is -0.147. The lowest BCUT2D eigenvalue weighted by Crippen LogP contribution is -2.40. The molecule has 0 spiro atoms. The van der Waals surface area contributed by atoms with E-state index in [4.69, 9.17) is 4.74 Å². The van der Waals surface area contributed by atoms with Crippen LogP contribution in [-0.2, 0) is 20.7 Å². The molecule has 2 fully saturated rings. The van der Waals surface area contributed by atoms with Crippen LogP contribution in [0.2, 0.25) is 0 Å². The van der Waals surface area contributed by atoms with E-state index in [-0.39, 0.29) is 18.1 Å². The zero-order valence-corrected chi connectivity index (χ0v) is 17.7. The number of carbonyl (C=O) groups excluding carboxylic acids is 1. The zero-order valence-electron chi connectivity index (χ0n) is 16.8. The molecule has 4 atom stereocenters. The first-order valence-electron chi connectivity index (χ1n) is 10.1. The number of fused-ring (bicyclic) bond motifs is 2. The Morgan fingerprint density at radius 1 is 1.21 bits per heavy atom. The fourth-order valence-electron chi connectivity index (χ4n) is 4.50. The lowest BCUT2D eigenvalue weighted by atomic mass is 9.79. The van der Waals surface area contributed by atoms with Gasteiger partial charge in [-0.2, -0.15) is 0 Å². The fraction of sp³-hybridized carbons (Fsp3) is 0.500. The highest BCUT2D eigenvalue weighted by Gasteiger charge is 2.55. The van der Waals surface area contributed by atoms with Crippen molar-refractivity contribution in [3.05, 3.63) is 34.7 Å². The Morgan fingerprint density at radius 2 is 1.86 bits per heavy atom. The molecule has 7 heteroatoms. The number of carboxylic acids is 1. The fourth-order valence-corrected chi connectivity index (χ4v) is 5.34. The molecule has 2 saturated heterocycles. The van der Waals surface area contributed by atoms with Gasteiger partial charge in [0.2, 0.25) is 5.91 Å². The normalized spacial score (nSPS) is 25.5. The number of aromatic nitrogens is 1. The number of nitrogens with one attached hydrogen (secondary N) is 1. The molecule has 3 heterocycles. The number of aliphatic carboxylic acids is 1. The Bertz CT molecular complexity index is 921. The van der Waals surface area contributed by atoms with Crippen LogP contribution >= 0.6 is 11.3 Å². The van der Waals surface area contributed by atoms with Gasteiger partial charge >= 0.3 is 5.97 Å². The molecule has 6 nitrogen and oxygen atoms in total. The van der Waals surface area contributed by atoms with Gasteiger partial charge in [-0.25, -0.2) is 4.98 Å². The number of hydrogen-bond donors (Lipinski definition) is 2. The monoisotopic (exact) mass is 414 g/mol. The zero-order chi connectivity index (χ0) is 20.7. The summed E-state index contributed by atoms with van der Waals surface area (Å²) >= 11 is 1.41. The predicted molar refractivity (Wildman–Crippen MR) is 112 cm³/mol. The standard InChI is InChI=1S/C22H26N2O4S/c1-11(2)10-13-4-6-14(7-5-13)19-12(3)29-22(23-19)24-20(25)17-15-8-9-16(28-15)18(17)21(26)27/h4-7,11,15-18H,8-10H2,1-3H3,(H,26,27)(H,23,24,25)/t15-,16-,17-,18-/m0/s1. The van der Waals surface area contributed by atoms with E-state index in [9.17, 15) is 14.7 Å². The number of hydrogen-bond acceptors (Lipinski definition) is 5. The predicted octanol–water partition coefficient (Wildman–Crippen LogP) is 4.13. The highest BCUT2D eigenvalue weighted by atomic mass is 32.1. The van der Waals surface area contributed by atoms with Crippen LogP contribution in [0.15, 0.2) is 24.3 Å². The van der Waals surface area contributed by atoms with Crippen LogP contribution in [0.25, 0.3) is 11.3 Å². The molecule has 1 aromatic heterocycles. The van der Waals surface area contributed by atoms with Crippen LogP contribution in [0.3, 0.4) is 0 Å². The summed E-state index contributed by atoms with van der Waals surface area (Å²) in [4.78, 5) is 30.1. The van der Waals surface area contributed by atoms with Crippen molar-refractivity contribution in [1.29, 1.82) is 0 Å². The molecule has 4 rings (SSSR count). The number of amides is 1. The third-order valence-corrected chi connectivity index (χ3v) is 6.65. The van der Waals surface area contributed by atoms with Crippen LogP contribution in [0.1, 0.15) is 37.1 Å². The van der Waals surface area contributed by atoms with Gasteiger partial charge in [-0.1, -0.05) is 38.1 Å². The van der Waals surface area contributed by atoms with Gasteiger partial charge in [0, 0.05) is 10.4 Å². The number of carboxylic acid groups (broad SMARTS) is 1. The minimum absolute atomic E-state index is 0.308. The van der Waals surface area contributed by atoms with Gasteiger partial charge in [0.15, 0.2) is 5.13 Å². The molecule has 0 unspecified atom stereocenters. The van der Waals surface area contributed by atoms with Crippen molar-refractivity contribution in [2.75, 3.05) is 5.32 Å². The van der Waals surface area contributed by atoms with Crippen molar-refractivity contribution < 1.29 is 19.4 Å². The van der Waals surface area contributed by atoms with Crippen molar-refractivity contribution in [2.45, 2.75) is 52.2 Å². The summed E-state index contributed by atoms with van der Waals surface area (Å²) in [7, 11) is 0. The molecule has 2 aliphatic rings. The minimum Gasteiger partial charge on any atom is -0.481 e. The minimum atomic E-state index is -0.963. The van der Waals surface area contributed by atoms with E-state index in [0.29, 0.717) is 17.5 Å². The molecule has 0 saturated carbocycles. The molecule has 29 heavy (non-hydrogen) atoms. The maximum atomic E-state index is 12.8. The molecule has 0 aliphatic carbocycles. The Balaban J connectivity index is 1.49. The highest BCUT2D eigenvalue weighted by Crippen LogP contribution is 2.44. The third-order valence-electron chi connectivity index (χ3n) is 5.76. The molecule has 2 aromatic rings. The summed E-state index contributed by atoms with van der Waals surface area (Å²) in [5.74, 6) is -2.10. The summed E-state index contributed by atoms with van der Waals surface area (Å²) in [5.41, 5.74) is 3.15. The second-order valence-electron chi connectivity index (χ2n) is 8.39. The number of benzene rings is 1. The van der Waals surface area contributed by atoms with Gasteiger partial charge in [0.25, 0.3) is 0 Å². The summed E-state index contributed by atoms with van der Waals surface area (Å²) in [5, 5.41) is 12.9. The van der Waals surface area contributed by atoms with Gasteiger partial charge in [-0.05, 0) is 37.7 Å². The Hall–Kier alpha value is -2.25. The number of rotatable bonds is 6. The van der Waals surface area contributed by atoms with Crippen molar-refractivity contribution in [2.24, 2.45) is 17.8 Å². The van der Waals surface area contributed by atoms with Crippen LogP contribution < -0.4 is 5.32 Å². The molecule has 1 aromatic carbocycles. The first kappa shape index (κ1) is 20.0. The molecule has 2 aliphatic heterocycles. The molecule has 2 bridgehead atoms. The molecular formula is C22H26N2O4S. The number of aryl methyl sites for hydroxylation is 1. The number of carbonyl (C=O) groups is 2. The number of nitrogens with zero attached hydrogens (tertiary/aromatic N) is 1. The van der Waals surface area contributed by atoms with E-state index in [1.807, 2.05) is 6.92 Å². The van der Waals surface area contributed by atoms with Crippen molar-refractivity contribution >= 4 is 28.3 Å². The van der Waals surface area contributed by atoms with Gasteiger partial charge < -0.3 is 15.2 Å². The molecule has 0 radical (unpaired) electrons. The Kier molecular flexibility index (Phi) is 5.44. The van der Waals surface area contributed by atoms with E-state index in [1.165, 1.54) is 16.9 Å². The maximum absolute atomic E-state index is 12.8. The number of anilines is 1. The first-order valence-corrected chi connectivity index (χ1v) is 10.9. The highest BCUT2D eigenvalue weighted by molar-refractivity contribution is 7.16. The third kappa shape index (κ3) is 3.94. The van der Waals surface area contributed by atoms with Crippen molar-refractivity contribution in [1.82, 2.24) is 4.98 Å². The molecule has 154 valence electrons. The van der Waals surface area contributed by atoms with E-state index in [2.05, 4.69) is 48.4 Å². The quantitative estimate of drug-likeness (QED) is 0.742. The van der Waals surface area contributed by atoms with Crippen LogP contribution in [0, 0.1) is 24.7 Å². The lowest BCUT2D eigenvalue weighted by Gasteiger charge is -2.23. The van der Waals surface area contributed by atoms with Gasteiger partial charge in [-0.3, -0.25) is 9.59 Å². The average molecular weight is 415 g/mol. The van der Waals surface area contributed by atoms with Crippen LogP contribution in [-0.4, -0.2) is 34.2 Å². The summed E-state index contributed by atoms with van der Waals surface area (Å²) in [6.45, 7) is 6.37. The Labute approximate surface area is 174 Å². The molecular weight excluding hydrogens is 388 g/mol. The summed E-state index contributed by atoms with van der Waals surface area (Å²) in [6.07, 6.45) is 1.81. The molecule has 2 N–H and O–H groups in total. The summed E-state index contributed by atoms with van der Waals surface area (Å²) < 4.78 is 5.70. The second-order valence-corrected chi connectivity index (χ2v) is 9.59. The van der Waals surface area contributed by atoms with Crippen LogP contribution in [0.5, 0.6) is 0 Å². The van der Waals surface area contributed by atoms with Gasteiger partial charge in [0.1, 0.15) is 0 Å². The number of thiazole rings is 1. The van der Waals surface area contributed by atoms with Gasteiger partial charge in [-0.15, -0.1) is 11.3 Å². The topological polar surface area (TPSA) is 88.5 Å². The van der Waals surface area contributed by atoms with Crippen molar-refractivity contribution in [3.8, 4) is 11.3 Å². The molecule has 1 amide bonds. The van der Waals surface area contributed by atoms with Crippen LogP contribution in [0.4, 0.5) is 5.13 Å². The van der Waals surface area contributed by atoms with E-state index < -0.39 is 17.8 Å². The number of ether oxygens (including phenoxy) is 1.